The third-order valence-corrected chi connectivity index (χ3v) is 7.40. The van der Waals surface area contributed by atoms with Gasteiger partial charge in [-0.1, -0.05) is 18.7 Å². The quantitative estimate of drug-likeness (QED) is 0.463. The predicted molar refractivity (Wildman–Crippen MR) is 123 cm³/mol. The van der Waals surface area contributed by atoms with Crippen molar-refractivity contribution in [1.82, 2.24) is 14.9 Å². The van der Waals surface area contributed by atoms with E-state index in [-0.39, 0.29) is 36.3 Å². The first-order valence-corrected chi connectivity index (χ1v) is 11.9. The fraction of sp³-hybridized carbons (Fsp3) is 0.435. The van der Waals surface area contributed by atoms with E-state index in [0.29, 0.717) is 34.9 Å². The van der Waals surface area contributed by atoms with Crippen LogP contribution in [0.15, 0.2) is 29.6 Å². The molecule has 1 aromatic carbocycles. The molecule has 13 heteroatoms. The number of ether oxygens (including phenoxy) is 2. The molecule has 1 amide bonds. The van der Waals surface area contributed by atoms with Crippen molar-refractivity contribution in [2.24, 2.45) is 0 Å². The number of piperidine rings is 1. The van der Waals surface area contributed by atoms with Crippen LogP contribution in [0.3, 0.4) is 0 Å². The maximum Gasteiger partial charge on any atom is 0.471 e. The molecular weight excluding hydrogens is 499 g/mol. The van der Waals surface area contributed by atoms with E-state index in [1.165, 1.54) is 31.3 Å². The molecule has 0 aliphatic carbocycles. The lowest BCUT2D eigenvalue weighted by atomic mass is 9.99. The van der Waals surface area contributed by atoms with Gasteiger partial charge in [0, 0.05) is 24.1 Å². The van der Waals surface area contributed by atoms with Crippen LogP contribution in [0.2, 0.25) is 0 Å². The first-order valence-electron chi connectivity index (χ1n) is 11.1. The Kier molecular flexibility index (Phi) is 7.26. The Balaban J connectivity index is 1.59. The van der Waals surface area contributed by atoms with E-state index in [9.17, 15) is 28.0 Å². The van der Waals surface area contributed by atoms with Gasteiger partial charge < -0.3 is 19.7 Å². The Morgan fingerprint density at radius 3 is 2.78 bits per heavy atom. The number of thioether (sulfide) groups is 1. The van der Waals surface area contributed by atoms with Crippen molar-refractivity contribution >= 4 is 35.1 Å². The summed E-state index contributed by atoms with van der Waals surface area (Å²) in [6.45, 7) is 1.62. The maximum atomic E-state index is 12.9. The fourth-order valence-corrected chi connectivity index (χ4v) is 5.51. The van der Waals surface area contributed by atoms with Crippen LogP contribution in [0.25, 0.3) is 0 Å². The number of anilines is 2. The zero-order valence-corrected chi connectivity index (χ0v) is 20.2. The van der Waals surface area contributed by atoms with Crippen molar-refractivity contribution in [3.8, 4) is 11.8 Å². The van der Waals surface area contributed by atoms with E-state index < -0.39 is 23.4 Å². The zero-order valence-electron chi connectivity index (χ0n) is 19.3. The topological polar surface area (TPSA) is 117 Å². The van der Waals surface area contributed by atoms with E-state index in [1.54, 1.807) is 12.1 Å². The van der Waals surface area contributed by atoms with E-state index >= 15 is 0 Å². The average molecular weight is 522 g/mol. The lowest BCUT2D eigenvalue weighted by molar-refractivity contribution is -0.187. The van der Waals surface area contributed by atoms with E-state index in [2.05, 4.69) is 15.3 Å². The van der Waals surface area contributed by atoms with Gasteiger partial charge in [-0.15, -0.1) is 0 Å². The lowest BCUT2D eigenvalue weighted by Gasteiger charge is -2.33. The highest BCUT2D eigenvalue weighted by Crippen LogP contribution is 2.47. The average Bonchev–Trinajstić information content (AvgIpc) is 3.21. The molecule has 0 saturated carbocycles. The maximum absolute atomic E-state index is 12.9. The Morgan fingerprint density at radius 1 is 1.31 bits per heavy atom. The highest BCUT2D eigenvalue weighted by molar-refractivity contribution is 8.01. The molecule has 0 spiro atoms. The molecule has 2 aromatic rings. The number of carbonyl (C=O) groups excluding carboxylic acids is 2. The summed E-state index contributed by atoms with van der Waals surface area (Å²) >= 11 is 1.28. The standard InChI is InChI=1S/C23H22F3N5O4S/c1-12-17-19(28-11-29-20(17)36-18(12)21(32)34-2)30-15-6-5-13(9-27)8-16(15)35-14-4-3-7-31(10-14)22(33)23(24,25)26/h5-6,8,11-12,14,18H,3-4,7,10H2,1-2H3,(H,28,29,30)/t12?,14-,18?/m0/s1. The Hall–Kier alpha value is -3.53. The number of carbonyl (C=O) groups is 2. The molecule has 1 aromatic heterocycles. The highest BCUT2D eigenvalue weighted by atomic mass is 32.2. The number of nitrogens with zero attached hydrogens (tertiary/aromatic N) is 4. The molecule has 9 nitrogen and oxygen atoms in total. The molecule has 36 heavy (non-hydrogen) atoms. The smallest absolute Gasteiger partial charge is 0.471 e. The Morgan fingerprint density at radius 2 is 2.08 bits per heavy atom. The molecule has 0 radical (unpaired) electrons. The van der Waals surface area contributed by atoms with Gasteiger partial charge in [-0.2, -0.15) is 18.4 Å². The van der Waals surface area contributed by atoms with E-state index in [0.717, 1.165) is 4.90 Å². The van der Waals surface area contributed by atoms with Crippen LogP contribution in [0.4, 0.5) is 24.7 Å². The number of esters is 1. The third-order valence-electron chi connectivity index (χ3n) is 5.99. The molecule has 2 aliphatic heterocycles. The molecule has 0 bridgehead atoms. The van der Waals surface area contributed by atoms with Crippen LogP contribution in [-0.2, 0) is 14.3 Å². The van der Waals surface area contributed by atoms with Crippen LogP contribution in [0, 0.1) is 11.3 Å². The minimum atomic E-state index is -4.96. The molecule has 2 unspecified atom stereocenters. The van der Waals surface area contributed by atoms with Crippen molar-refractivity contribution in [3.63, 3.8) is 0 Å². The number of halogens is 3. The van der Waals surface area contributed by atoms with Crippen molar-refractivity contribution in [2.45, 2.75) is 48.2 Å². The number of hydrogen-bond acceptors (Lipinski definition) is 9. The van der Waals surface area contributed by atoms with E-state index in [4.69, 9.17) is 9.47 Å². The highest BCUT2D eigenvalue weighted by Gasteiger charge is 2.44. The number of amides is 1. The molecule has 3 heterocycles. The molecular formula is C23H22F3N5O4S. The minimum Gasteiger partial charge on any atom is -0.486 e. The van der Waals surface area contributed by atoms with Crippen LogP contribution in [-0.4, -0.2) is 64.5 Å². The van der Waals surface area contributed by atoms with Gasteiger partial charge in [0.2, 0.25) is 0 Å². The molecule has 190 valence electrons. The van der Waals surface area contributed by atoms with Crippen molar-refractivity contribution in [1.29, 1.82) is 5.26 Å². The Labute approximate surface area is 209 Å². The Bertz CT molecular complexity index is 1220. The van der Waals surface area contributed by atoms with E-state index in [1.807, 2.05) is 13.0 Å². The summed E-state index contributed by atoms with van der Waals surface area (Å²) in [6, 6.07) is 6.66. The number of hydrogen-bond donors (Lipinski definition) is 1. The second-order valence-electron chi connectivity index (χ2n) is 8.37. The van der Waals surface area contributed by atoms with Gasteiger partial charge in [-0.25, -0.2) is 9.97 Å². The lowest BCUT2D eigenvalue weighted by Crippen LogP contribution is -2.49. The first-order chi connectivity index (χ1) is 17.1. The fourth-order valence-electron chi connectivity index (χ4n) is 4.22. The second kappa shape index (κ2) is 10.2. The summed E-state index contributed by atoms with van der Waals surface area (Å²) in [5, 5.41) is 12.7. The van der Waals surface area contributed by atoms with Crippen molar-refractivity contribution in [2.75, 3.05) is 25.5 Å². The monoisotopic (exact) mass is 521 g/mol. The molecule has 1 saturated heterocycles. The molecule has 1 N–H and O–H groups in total. The summed E-state index contributed by atoms with van der Waals surface area (Å²) in [7, 11) is 1.32. The number of aromatic nitrogens is 2. The molecule has 3 atom stereocenters. The van der Waals surface area contributed by atoms with Crippen LogP contribution in [0.1, 0.15) is 36.8 Å². The SMILES string of the molecule is COC(=O)C1Sc2ncnc(Nc3ccc(C#N)cc3O[C@H]3CCCN(C(=O)C(F)(F)F)C3)c2C1C. The number of likely N-dealkylation sites (tertiary alicyclic amines) is 1. The summed E-state index contributed by atoms with van der Waals surface area (Å²) in [5.74, 6) is -1.88. The molecule has 2 aliphatic rings. The largest absolute Gasteiger partial charge is 0.486 e. The summed E-state index contributed by atoms with van der Waals surface area (Å²) < 4.78 is 49.7. The van der Waals surface area contributed by atoms with Crippen molar-refractivity contribution < 1.29 is 32.2 Å². The number of benzene rings is 1. The van der Waals surface area contributed by atoms with Crippen LogP contribution >= 0.6 is 11.8 Å². The van der Waals surface area contributed by atoms with Gasteiger partial charge in [-0.05, 0) is 25.0 Å². The number of nitrogens with one attached hydrogen (secondary N) is 1. The number of rotatable bonds is 5. The molecule has 1 fully saturated rings. The number of nitriles is 1. The minimum absolute atomic E-state index is 0.00840. The molecule has 4 rings (SSSR count). The van der Waals surface area contributed by atoms with Crippen LogP contribution in [0.5, 0.6) is 5.75 Å². The zero-order chi connectivity index (χ0) is 26.0. The van der Waals surface area contributed by atoms with Crippen molar-refractivity contribution in [3.05, 3.63) is 35.7 Å². The van der Waals surface area contributed by atoms with Gasteiger partial charge in [0.05, 0.1) is 31.0 Å². The van der Waals surface area contributed by atoms with Gasteiger partial charge in [0.1, 0.15) is 34.3 Å². The van der Waals surface area contributed by atoms with Crippen LogP contribution < -0.4 is 10.1 Å². The van der Waals surface area contributed by atoms with Gasteiger partial charge in [0.15, 0.2) is 0 Å². The number of alkyl halides is 3. The number of methoxy groups -OCH3 is 1. The normalized spacial score (nSPS) is 21.3. The second-order valence-corrected chi connectivity index (χ2v) is 9.50. The third kappa shape index (κ3) is 5.18. The van der Waals surface area contributed by atoms with Gasteiger partial charge in [0.25, 0.3) is 0 Å². The first kappa shape index (κ1) is 25.6. The van der Waals surface area contributed by atoms with Gasteiger partial charge >= 0.3 is 18.1 Å². The summed E-state index contributed by atoms with van der Waals surface area (Å²) in [5.41, 5.74) is 1.43. The predicted octanol–water partition coefficient (Wildman–Crippen LogP) is 3.77. The summed E-state index contributed by atoms with van der Waals surface area (Å²) in [6.07, 6.45) is -3.52. The summed E-state index contributed by atoms with van der Waals surface area (Å²) in [4.78, 5) is 33.2. The van der Waals surface area contributed by atoms with Gasteiger partial charge in [-0.3, -0.25) is 9.59 Å². The number of fused-ring (bicyclic) bond motifs is 1.